The normalized spacial score (nSPS) is 10.3. The Labute approximate surface area is 169 Å². The second-order valence-electron chi connectivity index (χ2n) is 6.00. The average molecular weight is 409 g/mol. The van der Waals surface area contributed by atoms with Crippen molar-refractivity contribution in [1.29, 1.82) is 0 Å². The van der Waals surface area contributed by atoms with E-state index in [1.54, 1.807) is 12.1 Å². The van der Waals surface area contributed by atoms with E-state index in [1.165, 1.54) is 11.6 Å². The smallest absolute Gasteiger partial charge is 0.252 e. The van der Waals surface area contributed by atoms with E-state index in [0.29, 0.717) is 43.1 Å². The fraction of sp³-hybridized carbons (Fsp3) is 0.300. The van der Waals surface area contributed by atoms with Gasteiger partial charge in [-0.05, 0) is 43.7 Å². The summed E-state index contributed by atoms with van der Waals surface area (Å²) in [7, 11) is 0. The zero-order valence-electron chi connectivity index (χ0n) is 15.1. The summed E-state index contributed by atoms with van der Waals surface area (Å²) in [5, 5.41) is 6.22. The summed E-state index contributed by atoms with van der Waals surface area (Å²) in [5.41, 5.74) is 1.52. The van der Waals surface area contributed by atoms with Crippen LogP contribution in [0, 0.1) is 6.92 Å². The number of hydrogen-bond donors (Lipinski definition) is 2. The number of benzene rings is 2. The molecule has 0 saturated heterocycles. The Hall–Kier alpha value is -2.24. The lowest BCUT2D eigenvalue weighted by Gasteiger charge is -2.09. The molecule has 0 unspecified atom stereocenters. The molecule has 0 aromatic heterocycles. The van der Waals surface area contributed by atoms with Gasteiger partial charge in [0.1, 0.15) is 5.75 Å². The van der Waals surface area contributed by atoms with Crippen LogP contribution in [0.4, 0.5) is 0 Å². The lowest BCUT2D eigenvalue weighted by atomic mass is 10.2. The minimum Gasteiger partial charge on any atom is -0.494 e. The molecule has 0 fully saturated rings. The Morgan fingerprint density at radius 3 is 2.41 bits per heavy atom. The van der Waals surface area contributed by atoms with Crippen molar-refractivity contribution in [2.75, 3.05) is 19.7 Å². The molecule has 0 aliphatic carbocycles. The van der Waals surface area contributed by atoms with Crippen molar-refractivity contribution >= 4 is 35.0 Å². The Morgan fingerprint density at radius 2 is 1.70 bits per heavy atom. The molecule has 0 heterocycles. The predicted molar refractivity (Wildman–Crippen MR) is 108 cm³/mol. The van der Waals surface area contributed by atoms with Crippen molar-refractivity contribution in [3.05, 3.63) is 63.6 Å². The Balaban J connectivity index is 1.57. The Morgan fingerprint density at radius 1 is 1.00 bits per heavy atom. The summed E-state index contributed by atoms with van der Waals surface area (Å²) in [5.74, 6) is 0.406. The second-order valence-corrected chi connectivity index (χ2v) is 6.84. The molecule has 2 rings (SSSR count). The molecule has 2 amide bonds. The van der Waals surface area contributed by atoms with Crippen molar-refractivity contribution in [3.63, 3.8) is 0 Å². The molecular weight excluding hydrogens is 387 g/mol. The van der Waals surface area contributed by atoms with Crippen LogP contribution in [0.2, 0.25) is 10.0 Å². The van der Waals surface area contributed by atoms with Gasteiger partial charge >= 0.3 is 0 Å². The number of nitrogens with one attached hydrogen (secondary N) is 2. The molecule has 2 aromatic rings. The van der Waals surface area contributed by atoms with Crippen LogP contribution in [0.3, 0.4) is 0 Å². The van der Waals surface area contributed by atoms with Crippen molar-refractivity contribution in [2.45, 2.75) is 19.8 Å². The zero-order valence-corrected chi connectivity index (χ0v) is 16.6. The van der Waals surface area contributed by atoms with Crippen molar-refractivity contribution in [2.24, 2.45) is 0 Å². The highest BCUT2D eigenvalue weighted by atomic mass is 35.5. The summed E-state index contributed by atoms with van der Waals surface area (Å²) in [6.45, 7) is 3.14. The molecule has 27 heavy (non-hydrogen) atoms. The van der Waals surface area contributed by atoms with Gasteiger partial charge in [0.05, 0.1) is 17.2 Å². The summed E-state index contributed by atoms with van der Waals surface area (Å²) >= 11 is 11.8. The van der Waals surface area contributed by atoms with E-state index in [9.17, 15) is 9.59 Å². The lowest BCUT2D eigenvalue weighted by molar-refractivity contribution is -0.121. The van der Waals surface area contributed by atoms with Gasteiger partial charge in [0.25, 0.3) is 5.91 Å². The maximum absolute atomic E-state index is 12.0. The second kappa shape index (κ2) is 10.8. The fourth-order valence-corrected chi connectivity index (χ4v) is 2.79. The van der Waals surface area contributed by atoms with Crippen molar-refractivity contribution in [1.82, 2.24) is 10.6 Å². The van der Waals surface area contributed by atoms with Crippen LogP contribution >= 0.6 is 23.2 Å². The number of ether oxygens (including phenoxy) is 1. The van der Waals surface area contributed by atoms with Crippen LogP contribution in [0.15, 0.2) is 42.5 Å². The molecule has 5 nitrogen and oxygen atoms in total. The van der Waals surface area contributed by atoms with Gasteiger partial charge in [-0.1, -0.05) is 40.9 Å². The van der Waals surface area contributed by atoms with E-state index >= 15 is 0 Å². The average Bonchev–Trinajstić information content (AvgIpc) is 2.63. The monoisotopic (exact) mass is 408 g/mol. The highest BCUT2D eigenvalue weighted by molar-refractivity contribution is 6.36. The van der Waals surface area contributed by atoms with E-state index in [4.69, 9.17) is 27.9 Å². The minimum absolute atomic E-state index is 0.0821. The first-order valence-corrected chi connectivity index (χ1v) is 9.41. The maximum Gasteiger partial charge on any atom is 0.252 e. The van der Waals surface area contributed by atoms with Crippen LogP contribution in [0.25, 0.3) is 0 Å². The topological polar surface area (TPSA) is 67.4 Å². The number of rotatable bonds is 9. The first-order valence-electron chi connectivity index (χ1n) is 8.65. The summed E-state index contributed by atoms with van der Waals surface area (Å²) in [6.07, 6.45) is 0.981. The van der Waals surface area contributed by atoms with Gasteiger partial charge in [-0.2, -0.15) is 0 Å². The Bertz CT molecular complexity index is 779. The number of hydrogen-bond acceptors (Lipinski definition) is 3. The molecule has 0 spiro atoms. The molecule has 0 aliphatic heterocycles. The highest BCUT2D eigenvalue weighted by Gasteiger charge is 2.10. The third-order valence-electron chi connectivity index (χ3n) is 3.75. The molecule has 2 aromatic carbocycles. The van der Waals surface area contributed by atoms with Crippen molar-refractivity contribution in [3.8, 4) is 5.75 Å². The molecule has 0 aliphatic rings. The number of amides is 2. The SMILES string of the molecule is Cc1ccc(OCCCC(=O)NCCNC(=O)c2ccc(Cl)cc2Cl)cc1. The zero-order chi connectivity index (χ0) is 19.6. The standard InChI is InChI=1S/C20H22Cl2N2O3/c1-14-4-7-16(8-5-14)27-12-2-3-19(25)23-10-11-24-20(26)17-9-6-15(21)13-18(17)22/h4-9,13H,2-3,10-12H2,1H3,(H,23,25)(H,24,26). The molecular formula is C20H22Cl2N2O3. The van der Waals surface area contributed by atoms with Gasteiger partial charge in [-0.15, -0.1) is 0 Å². The largest absolute Gasteiger partial charge is 0.494 e. The molecule has 7 heteroatoms. The number of carbonyl (C=O) groups is 2. The maximum atomic E-state index is 12.0. The van der Waals surface area contributed by atoms with Crippen LogP contribution in [0.5, 0.6) is 5.75 Å². The molecule has 0 saturated carbocycles. The number of aryl methyl sites for hydroxylation is 1. The molecule has 0 radical (unpaired) electrons. The third kappa shape index (κ3) is 7.49. The highest BCUT2D eigenvalue weighted by Crippen LogP contribution is 2.20. The first-order chi connectivity index (χ1) is 13.0. The molecule has 0 bridgehead atoms. The van der Waals surface area contributed by atoms with Gasteiger partial charge in [0.15, 0.2) is 0 Å². The quantitative estimate of drug-likeness (QED) is 0.615. The van der Waals surface area contributed by atoms with E-state index in [-0.39, 0.29) is 16.8 Å². The van der Waals surface area contributed by atoms with Gasteiger partial charge in [0, 0.05) is 24.5 Å². The van der Waals surface area contributed by atoms with E-state index in [0.717, 1.165) is 5.75 Å². The molecule has 0 atom stereocenters. The Kier molecular flexibility index (Phi) is 8.43. The summed E-state index contributed by atoms with van der Waals surface area (Å²) < 4.78 is 5.58. The van der Waals surface area contributed by atoms with Gasteiger partial charge in [0.2, 0.25) is 5.91 Å². The van der Waals surface area contributed by atoms with Crippen molar-refractivity contribution < 1.29 is 14.3 Å². The molecule has 2 N–H and O–H groups in total. The summed E-state index contributed by atoms with van der Waals surface area (Å²) in [4.78, 5) is 23.8. The fourth-order valence-electron chi connectivity index (χ4n) is 2.29. The minimum atomic E-state index is -0.308. The van der Waals surface area contributed by atoms with E-state index < -0.39 is 0 Å². The summed E-state index contributed by atoms with van der Waals surface area (Å²) in [6, 6.07) is 12.4. The van der Waals surface area contributed by atoms with Crippen LogP contribution < -0.4 is 15.4 Å². The van der Waals surface area contributed by atoms with E-state index in [1.807, 2.05) is 31.2 Å². The van der Waals surface area contributed by atoms with Crippen LogP contribution in [-0.2, 0) is 4.79 Å². The van der Waals surface area contributed by atoms with Gasteiger partial charge in [-0.25, -0.2) is 0 Å². The van der Waals surface area contributed by atoms with Gasteiger partial charge in [-0.3, -0.25) is 9.59 Å². The van der Waals surface area contributed by atoms with E-state index in [2.05, 4.69) is 10.6 Å². The molecule has 144 valence electrons. The van der Waals surface area contributed by atoms with Crippen LogP contribution in [0.1, 0.15) is 28.8 Å². The number of carbonyl (C=O) groups excluding carboxylic acids is 2. The third-order valence-corrected chi connectivity index (χ3v) is 4.29. The number of halogens is 2. The predicted octanol–water partition coefficient (Wildman–Crippen LogP) is 4.01. The first kappa shape index (κ1) is 21.1. The van der Waals surface area contributed by atoms with Gasteiger partial charge < -0.3 is 15.4 Å². The van der Waals surface area contributed by atoms with Crippen LogP contribution in [-0.4, -0.2) is 31.5 Å². The lowest BCUT2D eigenvalue weighted by Crippen LogP contribution is -2.34.